The lowest BCUT2D eigenvalue weighted by molar-refractivity contribution is 0.209. The summed E-state index contributed by atoms with van der Waals surface area (Å²) in [6.45, 7) is 5.05. The van der Waals surface area contributed by atoms with E-state index in [1.807, 2.05) is 0 Å². The molecule has 4 rings (SSSR count). The van der Waals surface area contributed by atoms with Gasteiger partial charge in [0.1, 0.15) is 15.0 Å². The highest BCUT2D eigenvalue weighted by atomic mass is 35.5. The number of benzene rings is 1. The van der Waals surface area contributed by atoms with Crippen molar-refractivity contribution in [2.45, 2.75) is 36.6 Å². The number of rotatable bonds is 6. The maximum Gasteiger partial charge on any atom is 0.266 e. The molecule has 2 fully saturated rings. The van der Waals surface area contributed by atoms with Gasteiger partial charge in [-0.05, 0) is 43.9 Å². The van der Waals surface area contributed by atoms with Crippen molar-refractivity contribution in [2.75, 3.05) is 29.7 Å². The molecule has 0 saturated carbocycles. The molecule has 2 aliphatic heterocycles. The normalized spacial score (nSPS) is 24.6. The van der Waals surface area contributed by atoms with Gasteiger partial charge in [0.15, 0.2) is 5.13 Å². The summed E-state index contributed by atoms with van der Waals surface area (Å²) in [5.74, 6) is -0.255. The van der Waals surface area contributed by atoms with Crippen LogP contribution in [0.25, 0.3) is 0 Å². The van der Waals surface area contributed by atoms with Gasteiger partial charge in [0.2, 0.25) is 0 Å². The molecule has 0 radical (unpaired) electrons. The monoisotopic (exact) mass is 478 g/mol. The molecular weight excluding hydrogens is 458 g/mol. The van der Waals surface area contributed by atoms with E-state index in [0.29, 0.717) is 22.5 Å². The average molecular weight is 479 g/mol. The van der Waals surface area contributed by atoms with E-state index in [0.717, 1.165) is 55.8 Å². The van der Waals surface area contributed by atoms with E-state index in [-0.39, 0.29) is 15.7 Å². The number of thiazole rings is 1. The lowest BCUT2D eigenvalue weighted by Crippen LogP contribution is -2.44. The molecule has 1 aromatic heterocycles. The Morgan fingerprint density at radius 3 is 2.93 bits per heavy atom. The summed E-state index contributed by atoms with van der Waals surface area (Å²) in [5, 5.41) is 3.46. The van der Waals surface area contributed by atoms with Crippen molar-refractivity contribution >= 4 is 55.4 Å². The number of fused-ring (bicyclic) bond motifs is 1. The fourth-order valence-corrected chi connectivity index (χ4v) is 6.91. The Kier molecular flexibility index (Phi) is 5.71. The third kappa shape index (κ3) is 4.20. The topological polar surface area (TPSA) is 74.3 Å². The molecule has 1 aromatic carbocycles. The maximum absolute atomic E-state index is 14.7. The van der Waals surface area contributed by atoms with Crippen molar-refractivity contribution in [1.82, 2.24) is 9.88 Å². The largest absolute Gasteiger partial charge is 0.382 e. The summed E-state index contributed by atoms with van der Waals surface area (Å²) in [4.78, 5) is 5.79. The van der Waals surface area contributed by atoms with Gasteiger partial charge in [0.25, 0.3) is 10.0 Å². The fourth-order valence-electron chi connectivity index (χ4n) is 4.47. The lowest BCUT2D eigenvalue weighted by Gasteiger charge is -2.32. The molecule has 2 aliphatic rings. The Balaban J connectivity index is 1.53. The van der Waals surface area contributed by atoms with Crippen molar-refractivity contribution < 1.29 is 12.8 Å². The number of halogens is 3. The van der Waals surface area contributed by atoms with E-state index in [4.69, 9.17) is 23.2 Å². The first-order valence-corrected chi connectivity index (χ1v) is 12.4. The minimum absolute atomic E-state index is 0.0588. The molecule has 2 N–H and O–H groups in total. The lowest BCUT2D eigenvalue weighted by atomic mass is 9.90. The summed E-state index contributed by atoms with van der Waals surface area (Å²) >= 11 is 13.0. The minimum Gasteiger partial charge on any atom is -0.382 e. The van der Waals surface area contributed by atoms with Crippen LogP contribution in [0.1, 0.15) is 26.2 Å². The molecule has 2 atom stereocenters. The Morgan fingerprint density at radius 2 is 2.21 bits per heavy atom. The zero-order chi connectivity index (χ0) is 20.8. The van der Waals surface area contributed by atoms with Crippen molar-refractivity contribution in [2.24, 2.45) is 5.92 Å². The molecule has 0 amide bonds. The van der Waals surface area contributed by atoms with Crippen LogP contribution in [0.5, 0.6) is 0 Å². The average Bonchev–Trinajstić information content (AvgIpc) is 3.28. The first-order chi connectivity index (χ1) is 13.7. The number of anilines is 2. The number of sulfonamides is 1. The van der Waals surface area contributed by atoms with Gasteiger partial charge in [-0.1, -0.05) is 41.5 Å². The highest BCUT2D eigenvalue weighted by Crippen LogP contribution is 2.42. The van der Waals surface area contributed by atoms with Crippen LogP contribution in [0.2, 0.25) is 9.36 Å². The molecule has 3 heterocycles. The zero-order valence-electron chi connectivity index (χ0n) is 15.7. The predicted molar refractivity (Wildman–Crippen MR) is 115 cm³/mol. The van der Waals surface area contributed by atoms with E-state index in [9.17, 15) is 12.8 Å². The van der Waals surface area contributed by atoms with Crippen LogP contribution in [0.4, 0.5) is 15.2 Å². The maximum atomic E-state index is 14.7. The minimum atomic E-state index is -4.18. The third-order valence-corrected chi connectivity index (χ3v) is 8.45. The highest BCUT2D eigenvalue weighted by molar-refractivity contribution is 7.93. The molecule has 11 heteroatoms. The van der Waals surface area contributed by atoms with Gasteiger partial charge >= 0.3 is 0 Å². The van der Waals surface area contributed by atoms with Crippen LogP contribution in [-0.2, 0) is 10.0 Å². The van der Waals surface area contributed by atoms with E-state index in [1.54, 1.807) is 0 Å². The van der Waals surface area contributed by atoms with Crippen LogP contribution < -0.4 is 10.0 Å². The highest BCUT2D eigenvalue weighted by Gasteiger charge is 2.46. The van der Waals surface area contributed by atoms with Crippen LogP contribution in [0.3, 0.4) is 0 Å². The molecule has 0 unspecified atom stereocenters. The van der Waals surface area contributed by atoms with Crippen LogP contribution >= 0.6 is 34.5 Å². The molecular formula is C18H21Cl2FN4O2S2. The molecule has 0 bridgehead atoms. The second-order valence-electron chi connectivity index (χ2n) is 7.77. The van der Waals surface area contributed by atoms with E-state index >= 15 is 0 Å². The summed E-state index contributed by atoms with van der Waals surface area (Å²) in [6, 6.07) is 2.26. The Morgan fingerprint density at radius 1 is 1.41 bits per heavy atom. The van der Waals surface area contributed by atoms with Gasteiger partial charge in [0, 0.05) is 18.6 Å². The number of nitrogens with zero attached hydrogens (tertiary/aromatic N) is 2. The Bertz CT molecular complexity index is 1030. The third-order valence-electron chi connectivity index (χ3n) is 5.62. The van der Waals surface area contributed by atoms with Gasteiger partial charge in [-0.3, -0.25) is 9.62 Å². The second-order valence-corrected chi connectivity index (χ2v) is 11.5. The van der Waals surface area contributed by atoms with Crippen LogP contribution in [0.15, 0.2) is 23.2 Å². The number of aromatic nitrogens is 1. The summed E-state index contributed by atoms with van der Waals surface area (Å²) < 4.78 is 42.3. The molecule has 2 saturated heterocycles. The summed E-state index contributed by atoms with van der Waals surface area (Å²) in [6.07, 6.45) is 4.65. The SMILES string of the molecule is C[C@H]1CN2CCC[C@]2(CNc2cc(F)c(S(=O)(=O)Nc3ncc(Cl)s3)cc2Cl)C1. The van der Waals surface area contributed by atoms with E-state index in [1.165, 1.54) is 6.20 Å². The van der Waals surface area contributed by atoms with Crippen molar-refractivity contribution in [3.05, 3.63) is 33.5 Å². The standard InChI is InChI=1S/C18H21Cl2FN4O2S2/c1-11-7-18(3-2-4-25(18)9-11)10-23-14-6-13(21)15(5-12(14)19)29(26,27)24-17-22-8-16(20)28-17/h5-6,8,11,23H,2-4,7,9-10H2,1H3,(H,22,24)/t11-,18-/m1/s1. The number of nitrogens with one attached hydrogen (secondary N) is 2. The first kappa shape index (κ1) is 21.1. The second kappa shape index (κ2) is 7.85. The van der Waals surface area contributed by atoms with Gasteiger partial charge in [0.05, 0.1) is 16.9 Å². The van der Waals surface area contributed by atoms with Crippen LogP contribution in [0, 0.1) is 11.7 Å². The quantitative estimate of drug-likeness (QED) is 0.630. The van der Waals surface area contributed by atoms with Gasteiger partial charge < -0.3 is 5.32 Å². The molecule has 0 aliphatic carbocycles. The fraction of sp³-hybridized carbons (Fsp3) is 0.500. The smallest absolute Gasteiger partial charge is 0.266 e. The van der Waals surface area contributed by atoms with Gasteiger partial charge in [-0.25, -0.2) is 17.8 Å². The zero-order valence-corrected chi connectivity index (χ0v) is 18.9. The Labute approximate surface area is 183 Å². The molecule has 2 aromatic rings. The van der Waals surface area contributed by atoms with Gasteiger partial charge in [-0.2, -0.15) is 0 Å². The molecule has 0 spiro atoms. The van der Waals surface area contributed by atoms with Crippen molar-refractivity contribution in [1.29, 1.82) is 0 Å². The van der Waals surface area contributed by atoms with E-state index in [2.05, 4.69) is 26.8 Å². The number of hydrogen-bond donors (Lipinski definition) is 2. The number of hydrogen-bond acceptors (Lipinski definition) is 6. The first-order valence-electron chi connectivity index (χ1n) is 9.31. The van der Waals surface area contributed by atoms with Crippen molar-refractivity contribution in [3.63, 3.8) is 0 Å². The summed E-state index contributed by atoms with van der Waals surface area (Å²) in [7, 11) is -4.18. The van der Waals surface area contributed by atoms with Crippen LogP contribution in [-0.4, -0.2) is 43.5 Å². The molecule has 6 nitrogen and oxygen atoms in total. The van der Waals surface area contributed by atoms with Gasteiger partial charge in [-0.15, -0.1) is 0 Å². The molecule has 29 heavy (non-hydrogen) atoms. The van der Waals surface area contributed by atoms with Crippen molar-refractivity contribution in [3.8, 4) is 0 Å². The predicted octanol–water partition coefficient (Wildman–Crippen LogP) is 4.68. The Hall–Kier alpha value is -1.13. The molecule has 158 valence electrons. The van der Waals surface area contributed by atoms with E-state index < -0.39 is 20.7 Å². The summed E-state index contributed by atoms with van der Waals surface area (Å²) in [5.41, 5.74) is 0.455.